The maximum Gasteiger partial charge on any atom is 0.308 e. The molecule has 9 heavy (non-hydrogen) atoms. The maximum atomic E-state index is 10.3. The number of rotatable bonds is 2. The molecule has 1 heterocycles. The van der Waals surface area contributed by atoms with E-state index in [1.165, 1.54) is 0 Å². The molecule has 0 aliphatic carbocycles. The number of carboxylic acid groups (broad SMARTS) is 1. The fourth-order valence-corrected chi connectivity index (χ4v) is 0.807. The Morgan fingerprint density at radius 1 is 1.89 bits per heavy atom. The van der Waals surface area contributed by atoms with E-state index in [-0.39, 0.29) is 12.0 Å². The summed E-state index contributed by atoms with van der Waals surface area (Å²) in [7, 11) is 0. The molecule has 52 valence electrons. The Kier molecular flexibility index (Phi) is 1.71. The van der Waals surface area contributed by atoms with Crippen LogP contribution >= 0.6 is 0 Å². The Hall–Kier alpha value is -0.570. The van der Waals surface area contributed by atoms with E-state index < -0.39 is 5.97 Å². The minimum Gasteiger partial charge on any atom is -0.481 e. The number of carboxylic acids is 1. The summed E-state index contributed by atoms with van der Waals surface area (Å²) in [6.07, 6.45) is 0.871. The fourth-order valence-electron chi connectivity index (χ4n) is 0.807. The van der Waals surface area contributed by atoms with Gasteiger partial charge in [-0.2, -0.15) is 0 Å². The van der Waals surface area contributed by atoms with Gasteiger partial charge in [0, 0.05) is 6.61 Å². The highest BCUT2D eigenvalue weighted by atomic mass is 16.5. The lowest BCUT2D eigenvalue weighted by Crippen LogP contribution is -2.36. The molecule has 0 spiro atoms. The van der Waals surface area contributed by atoms with Crippen molar-refractivity contribution in [3.63, 3.8) is 0 Å². The van der Waals surface area contributed by atoms with Crippen LogP contribution < -0.4 is 0 Å². The predicted molar refractivity (Wildman–Crippen MR) is 31.2 cm³/mol. The second kappa shape index (κ2) is 2.35. The van der Waals surface area contributed by atoms with Gasteiger partial charge >= 0.3 is 5.97 Å². The smallest absolute Gasteiger partial charge is 0.308 e. The molecule has 3 heteroatoms. The molecule has 3 nitrogen and oxygen atoms in total. The molecule has 0 aromatic heterocycles. The third-order valence-corrected chi connectivity index (χ3v) is 1.68. The van der Waals surface area contributed by atoms with Gasteiger partial charge in [0.2, 0.25) is 0 Å². The predicted octanol–water partition coefficient (Wildman–Crippen LogP) is 0.496. The zero-order chi connectivity index (χ0) is 6.85. The molecule has 1 fully saturated rings. The summed E-state index contributed by atoms with van der Waals surface area (Å²) >= 11 is 0. The minimum atomic E-state index is -0.764. The Balaban J connectivity index is 2.32. The number of hydrogen-bond acceptors (Lipinski definition) is 2. The number of ether oxygens (including phenoxy) is 1. The van der Waals surface area contributed by atoms with Crippen molar-refractivity contribution in [3.8, 4) is 0 Å². The average molecular weight is 130 g/mol. The molecule has 1 rings (SSSR count). The van der Waals surface area contributed by atoms with Crippen LogP contribution in [0.2, 0.25) is 0 Å². The van der Waals surface area contributed by atoms with Crippen molar-refractivity contribution >= 4 is 5.97 Å². The van der Waals surface area contributed by atoms with Gasteiger partial charge in [0.15, 0.2) is 0 Å². The van der Waals surface area contributed by atoms with Gasteiger partial charge in [-0.25, -0.2) is 0 Å². The van der Waals surface area contributed by atoms with E-state index in [4.69, 9.17) is 9.84 Å². The molecule has 0 saturated carbocycles. The average Bonchev–Trinajstić information content (AvgIpc) is 1.60. The minimum absolute atomic E-state index is 0.0255. The van der Waals surface area contributed by atoms with Crippen LogP contribution in [0.5, 0.6) is 0 Å². The van der Waals surface area contributed by atoms with Crippen molar-refractivity contribution in [1.29, 1.82) is 0 Å². The van der Waals surface area contributed by atoms with Crippen LogP contribution in [0.25, 0.3) is 0 Å². The molecule has 1 aliphatic heterocycles. The standard InChI is InChI=1S/C6H10O3/c1-4(6(7)8)5-2-3-9-5/h4-5H,2-3H2,1H3,(H,7,8). The van der Waals surface area contributed by atoms with Crippen molar-refractivity contribution in [3.05, 3.63) is 0 Å². The van der Waals surface area contributed by atoms with Gasteiger partial charge in [0.1, 0.15) is 0 Å². The Morgan fingerprint density at radius 3 is 2.56 bits per heavy atom. The van der Waals surface area contributed by atoms with E-state index in [1.54, 1.807) is 6.92 Å². The molecule has 0 aromatic carbocycles. The van der Waals surface area contributed by atoms with Gasteiger partial charge < -0.3 is 9.84 Å². The van der Waals surface area contributed by atoms with Crippen LogP contribution in [0.1, 0.15) is 13.3 Å². The molecule has 1 N–H and O–H groups in total. The number of hydrogen-bond donors (Lipinski definition) is 1. The van der Waals surface area contributed by atoms with Crippen LogP contribution in [0.4, 0.5) is 0 Å². The van der Waals surface area contributed by atoms with E-state index in [9.17, 15) is 4.79 Å². The second-order valence-electron chi connectivity index (χ2n) is 2.32. The molecular weight excluding hydrogens is 120 g/mol. The Labute approximate surface area is 53.6 Å². The largest absolute Gasteiger partial charge is 0.481 e. The SMILES string of the molecule is CC(C(=O)O)C1CCO1. The first-order chi connectivity index (χ1) is 4.22. The molecular formula is C6H10O3. The van der Waals surface area contributed by atoms with Gasteiger partial charge in [-0.05, 0) is 13.3 Å². The Bertz CT molecular complexity index is 117. The van der Waals surface area contributed by atoms with Crippen molar-refractivity contribution in [1.82, 2.24) is 0 Å². The third kappa shape index (κ3) is 1.21. The zero-order valence-corrected chi connectivity index (χ0v) is 5.33. The molecule has 2 atom stereocenters. The first-order valence-corrected chi connectivity index (χ1v) is 3.06. The third-order valence-electron chi connectivity index (χ3n) is 1.68. The maximum absolute atomic E-state index is 10.3. The van der Waals surface area contributed by atoms with Crippen LogP contribution in [-0.4, -0.2) is 23.8 Å². The van der Waals surface area contributed by atoms with Gasteiger partial charge in [0.25, 0.3) is 0 Å². The lowest BCUT2D eigenvalue weighted by atomic mass is 9.99. The summed E-state index contributed by atoms with van der Waals surface area (Å²) in [6.45, 7) is 2.40. The number of aliphatic carboxylic acids is 1. The van der Waals surface area contributed by atoms with Gasteiger partial charge in [-0.15, -0.1) is 0 Å². The van der Waals surface area contributed by atoms with Gasteiger partial charge in [0.05, 0.1) is 12.0 Å². The Morgan fingerprint density at radius 2 is 2.44 bits per heavy atom. The summed E-state index contributed by atoms with van der Waals surface area (Å²) in [5.41, 5.74) is 0. The van der Waals surface area contributed by atoms with Crippen LogP contribution in [0, 0.1) is 5.92 Å². The second-order valence-corrected chi connectivity index (χ2v) is 2.32. The lowest BCUT2D eigenvalue weighted by molar-refractivity contribution is -0.154. The first kappa shape index (κ1) is 6.55. The van der Waals surface area contributed by atoms with Gasteiger partial charge in [-0.1, -0.05) is 0 Å². The summed E-state index contributed by atoms with van der Waals surface area (Å²) < 4.78 is 4.97. The summed E-state index contributed by atoms with van der Waals surface area (Å²) in [4.78, 5) is 10.3. The zero-order valence-electron chi connectivity index (χ0n) is 5.33. The normalized spacial score (nSPS) is 28.8. The van der Waals surface area contributed by atoms with E-state index in [1.807, 2.05) is 0 Å². The van der Waals surface area contributed by atoms with E-state index in [0.29, 0.717) is 0 Å². The van der Waals surface area contributed by atoms with E-state index in [0.717, 1.165) is 13.0 Å². The fraction of sp³-hybridized carbons (Fsp3) is 0.833. The van der Waals surface area contributed by atoms with Crippen LogP contribution in [0.3, 0.4) is 0 Å². The summed E-state index contributed by atoms with van der Waals surface area (Å²) in [6, 6.07) is 0. The number of carbonyl (C=O) groups is 1. The van der Waals surface area contributed by atoms with Crippen LogP contribution in [-0.2, 0) is 9.53 Å². The van der Waals surface area contributed by atoms with Crippen molar-refractivity contribution in [2.45, 2.75) is 19.4 Å². The highest BCUT2D eigenvalue weighted by molar-refractivity contribution is 5.70. The molecule has 0 amide bonds. The summed E-state index contributed by atoms with van der Waals surface area (Å²) in [5.74, 6) is -1.10. The van der Waals surface area contributed by atoms with Crippen molar-refractivity contribution in [2.75, 3.05) is 6.61 Å². The molecule has 0 bridgehead atoms. The first-order valence-electron chi connectivity index (χ1n) is 3.06. The topological polar surface area (TPSA) is 46.5 Å². The molecule has 0 aromatic rings. The van der Waals surface area contributed by atoms with Crippen molar-refractivity contribution < 1.29 is 14.6 Å². The van der Waals surface area contributed by atoms with Crippen LogP contribution in [0.15, 0.2) is 0 Å². The lowest BCUT2D eigenvalue weighted by Gasteiger charge is -2.29. The van der Waals surface area contributed by atoms with E-state index >= 15 is 0 Å². The molecule has 0 radical (unpaired) electrons. The molecule has 2 unspecified atom stereocenters. The highest BCUT2D eigenvalue weighted by Crippen LogP contribution is 2.19. The highest BCUT2D eigenvalue weighted by Gasteiger charge is 2.29. The van der Waals surface area contributed by atoms with Gasteiger partial charge in [-0.3, -0.25) is 4.79 Å². The quantitative estimate of drug-likeness (QED) is 0.592. The van der Waals surface area contributed by atoms with E-state index in [2.05, 4.69) is 0 Å². The monoisotopic (exact) mass is 130 g/mol. The summed E-state index contributed by atoms with van der Waals surface area (Å²) in [5, 5.41) is 8.44. The molecule has 1 aliphatic rings. The molecule has 1 saturated heterocycles. The van der Waals surface area contributed by atoms with Crippen molar-refractivity contribution in [2.24, 2.45) is 5.92 Å².